The van der Waals surface area contributed by atoms with Gasteiger partial charge in [0.05, 0.1) is 44.2 Å². The number of benzene rings is 1. The summed E-state index contributed by atoms with van der Waals surface area (Å²) in [5.74, 6) is -3.15. The van der Waals surface area contributed by atoms with Crippen molar-refractivity contribution in [3.63, 3.8) is 0 Å². The lowest BCUT2D eigenvalue weighted by molar-refractivity contribution is -0.144. The van der Waals surface area contributed by atoms with Crippen LogP contribution in [-0.2, 0) is 39.9 Å². The van der Waals surface area contributed by atoms with Crippen molar-refractivity contribution in [2.24, 2.45) is 11.8 Å². The second-order valence-corrected chi connectivity index (χ2v) is 16.7. The number of hydrogen-bond donors (Lipinski definition) is 7. The molecule has 5 amide bonds. The average molecular weight is 804 g/mol. The zero-order valence-electron chi connectivity index (χ0n) is 33.9. The molecular weight excluding hydrogens is 743 g/mol. The van der Waals surface area contributed by atoms with Gasteiger partial charge >= 0.3 is 12.1 Å². The number of nitrogens with one attached hydrogen (secondary N) is 5. The molecule has 2 aromatic rings. The Morgan fingerprint density at radius 1 is 0.714 bits per heavy atom. The Balaban J connectivity index is 2.20. The van der Waals surface area contributed by atoms with Gasteiger partial charge in [-0.1, -0.05) is 64.1 Å². The third kappa shape index (κ3) is 17.5. The van der Waals surface area contributed by atoms with Gasteiger partial charge in [0.1, 0.15) is 23.7 Å². The SMILES string of the molecule is COC(=O)C[C@H](O)[C@H](CC(C)C)NC(=O)[C@H](C)NC(=O)C[C@H](O)[C@H](CC(C)C)NC(=O)C(NC(=O)[C@H](Cc1ccccc1)NC(=O)OC(C)(C)C)c1cccs1. The van der Waals surface area contributed by atoms with Crippen molar-refractivity contribution >= 4 is 47.0 Å². The molecule has 0 saturated carbocycles. The predicted molar refractivity (Wildman–Crippen MR) is 212 cm³/mol. The average Bonchev–Trinajstić information content (AvgIpc) is 3.63. The standard InChI is InChI=1S/C40H61N5O10S/c1-23(2)18-27(30(46)21-33(48)41-25(5)36(50)42-28(19-24(3)4)31(47)22-34(49)54-9)43-38(52)35(32-16-13-17-56-32)45-37(51)29(20-26-14-11-10-12-15-26)44-39(53)55-40(6,7)8/h10-17,23-25,27-31,35,46-47H,18-22H2,1-9H3,(H,41,48)(H,42,50)(H,43,52)(H,44,53)(H,45,51)/t25-,27-,28-,29-,30-,31-,35?/m0/s1. The minimum atomic E-state index is -1.38. The van der Waals surface area contributed by atoms with Crippen molar-refractivity contribution in [2.75, 3.05) is 7.11 Å². The molecule has 0 aliphatic carbocycles. The fraction of sp³-hybridized carbons (Fsp3) is 0.600. The molecule has 2 rings (SSSR count). The zero-order valence-corrected chi connectivity index (χ0v) is 34.7. The molecule has 15 nitrogen and oxygen atoms in total. The summed E-state index contributed by atoms with van der Waals surface area (Å²) >= 11 is 1.23. The number of amides is 5. The van der Waals surface area contributed by atoms with Crippen molar-refractivity contribution in [1.29, 1.82) is 0 Å². The fourth-order valence-electron chi connectivity index (χ4n) is 5.78. The molecule has 1 aromatic carbocycles. The van der Waals surface area contributed by atoms with E-state index in [1.54, 1.807) is 50.4 Å². The number of esters is 1. The molecule has 0 aliphatic rings. The molecule has 0 aliphatic heterocycles. The van der Waals surface area contributed by atoms with E-state index in [0.29, 0.717) is 11.3 Å². The Hall–Kier alpha value is -4.54. The maximum atomic E-state index is 14.0. The molecule has 1 heterocycles. The molecule has 0 saturated heterocycles. The van der Waals surface area contributed by atoms with Gasteiger partial charge in [0.25, 0.3) is 0 Å². The number of hydrogen-bond acceptors (Lipinski definition) is 11. The Labute approximate surface area is 334 Å². The highest BCUT2D eigenvalue weighted by Gasteiger charge is 2.34. The summed E-state index contributed by atoms with van der Waals surface area (Å²) in [6, 6.07) is 7.35. The molecular formula is C40H61N5O10S. The molecule has 56 heavy (non-hydrogen) atoms. The Morgan fingerprint density at radius 3 is 1.80 bits per heavy atom. The summed E-state index contributed by atoms with van der Waals surface area (Å²) in [5, 5.41) is 37.1. The number of carbonyl (C=O) groups excluding carboxylic acids is 6. The second kappa shape index (κ2) is 22.9. The smallest absolute Gasteiger partial charge is 0.408 e. The van der Waals surface area contributed by atoms with E-state index in [9.17, 15) is 39.0 Å². The summed E-state index contributed by atoms with van der Waals surface area (Å²) in [6.45, 7) is 14.1. The van der Waals surface area contributed by atoms with Gasteiger partial charge in [0.15, 0.2) is 0 Å². The zero-order chi connectivity index (χ0) is 42.2. The van der Waals surface area contributed by atoms with Gasteiger partial charge in [-0.05, 0) is 69.4 Å². The van der Waals surface area contributed by atoms with Crippen LogP contribution in [0.2, 0.25) is 0 Å². The van der Waals surface area contributed by atoms with E-state index in [2.05, 4.69) is 31.3 Å². The van der Waals surface area contributed by atoms with Crippen molar-refractivity contribution in [1.82, 2.24) is 26.6 Å². The largest absolute Gasteiger partial charge is 0.469 e. The number of aliphatic hydroxyl groups is 2. The van der Waals surface area contributed by atoms with Crippen LogP contribution < -0.4 is 26.6 Å². The van der Waals surface area contributed by atoms with Crippen LogP contribution >= 0.6 is 11.3 Å². The lowest BCUT2D eigenvalue weighted by Crippen LogP contribution is -2.54. The maximum Gasteiger partial charge on any atom is 0.408 e. The van der Waals surface area contributed by atoms with Gasteiger partial charge < -0.3 is 46.3 Å². The first-order chi connectivity index (χ1) is 26.2. The molecule has 0 bridgehead atoms. The van der Waals surface area contributed by atoms with Crippen LogP contribution in [0.5, 0.6) is 0 Å². The molecule has 16 heteroatoms. The topological polar surface area (TPSA) is 221 Å². The maximum absolute atomic E-state index is 14.0. The van der Waals surface area contributed by atoms with E-state index >= 15 is 0 Å². The van der Waals surface area contributed by atoms with Gasteiger partial charge in [-0.2, -0.15) is 0 Å². The van der Waals surface area contributed by atoms with Crippen molar-refractivity contribution < 1.29 is 48.5 Å². The molecule has 312 valence electrons. The van der Waals surface area contributed by atoms with Crippen LogP contribution in [0.15, 0.2) is 47.8 Å². The number of ether oxygens (including phenoxy) is 2. The van der Waals surface area contributed by atoms with E-state index in [0.717, 1.165) is 5.56 Å². The van der Waals surface area contributed by atoms with E-state index in [-0.39, 0.29) is 31.1 Å². The normalized spacial score (nSPS) is 15.3. The van der Waals surface area contributed by atoms with Crippen LogP contribution in [0, 0.1) is 11.8 Å². The lowest BCUT2D eigenvalue weighted by atomic mass is 9.96. The summed E-state index contributed by atoms with van der Waals surface area (Å²) in [5.41, 5.74) is -0.0601. The van der Waals surface area contributed by atoms with Gasteiger partial charge in [-0.3, -0.25) is 24.0 Å². The molecule has 7 N–H and O–H groups in total. The second-order valence-electron chi connectivity index (χ2n) is 15.7. The minimum Gasteiger partial charge on any atom is -0.469 e. The number of carbonyl (C=O) groups is 6. The van der Waals surface area contributed by atoms with Crippen LogP contribution in [-0.4, -0.2) is 95.0 Å². The summed E-state index contributed by atoms with van der Waals surface area (Å²) in [4.78, 5) is 79.0. The first-order valence-corrected chi connectivity index (χ1v) is 19.8. The summed E-state index contributed by atoms with van der Waals surface area (Å²) < 4.78 is 10.0. The van der Waals surface area contributed by atoms with Crippen molar-refractivity contribution in [3.8, 4) is 0 Å². The molecule has 1 unspecified atom stereocenters. The highest BCUT2D eigenvalue weighted by molar-refractivity contribution is 7.10. The van der Waals surface area contributed by atoms with E-state index < -0.39 is 90.1 Å². The molecule has 0 radical (unpaired) electrons. The van der Waals surface area contributed by atoms with Crippen LogP contribution in [0.25, 0.3) is 0 Å². The predicted octanol–water partition coefficient (Wildman–Crippen LogP) is 3.28. The third-order valence-corrected chi connectivity index (χ3v) is 9.41. The van der Waals surface area contributed by atoms with Gasteiger partial charge in [0, 0.05) is 11.3 Å². The third-order valence-electron chi connectivity index (χ3n) is 8.47. The molecule has 0 fully saturated rings. The van der Waals surface area contributed by atoms with Gasteiger partial charge in [-0.25, -0.2) is 4.79 Å². The quantitative estimate of drug-likeness (QED) is 0.0913. The fourth-order valence-corrected chi connectivity index (χ4v) is 6.56. The lowest BCUT2D eigenvalue weighted by Gasteiger charge is -2.29. The number of rotatable bonds is 21. The van der Waals surface area contributed by atoms with Crippen LogP contribution in [0.4, 0.5) is 4.79 Å². The van der Waals surface area contributed by atoms with Crippen LogP contribution in [0.1, 0.15) is 97.6 Å². The number of alkyl carbamates (subject to hydrolysis) is 1. The van der Waals surface area contributed by atoms with E-state index in [1.165, 1.54) is 25.4 Å². The van der Waals surface area contributed by atoms with Crippen molar-refractivity contribution in [2.45, 2.75) is 136 Å². The molecule has 1 aromatic heterocycles. The monoisotopic (exact) mass is 803 g/mol. The van der Waals surface area contributed by atoms with Gasteiger partial charge in [-0.15, -0.1) is 11.3 Å². The van der Waals surface area contributed by atoms with Crippen molar-refractivity contribution in [3.05, 3.63) is 58.3 Å². The number of aliphatic hydroxyl groups excluding tert-OH is 2. The van der Waals surface area contributed by atoms with E-state index in [4.69, 9.17) is 4.74 Å². The van der Waals surface area contributed by atoms with E-state index in [1.807, 2.05) is 45.9 Å². The summed E-state index contributed by atoms with van der Waals surface area (Å²) in [6.07, 6.45) is -3.44. The minimum absolute atomic E-state index is 0.0277. The Kier molecular flexibility index (Phi) is 19.4. The number of thiophene rings is 1. The number of methoxy groups -OCH3 is 1. The summed E-state index contributed by atoms with van der Waals surface area (Å²) in [7, 11) is 1.20. The first kappa shape index (κ1) is 47.6. The Morgan fingerprint density at radius 2 is 1.29 bits per heavy atom. The molecule has 7 atom stereocenters. The van der Waals surface area contributed by atoms with Crippen LogP contribution in [0.3, 0.4) is 0 Å². The highest BCUT2D eigenvalue weighted by Crippen LogP contribution is 2.22. The first-order valence-electron chi connectivity index (χ1n) is 18.9. The molecule has 0 spiro atoms. The Bertz CT molecular complexity index is 1560. The highest BCUT2D eigenvalue weighted by atomic mass is 32.1. The van der Waals surface area contributed by atoms with Gasteiger partial charge in [0.2, 0.25) is 23.6 Å².